The summed E-state index contributed by atoms with van der Waals surface area (Å²) >= 11 is 0. The molecular weight excluding hydrogens is 524 g/mol. The highest BCUT2D eigenvalue weighted by Crippen LogP contribution is 2.12. The van der Waals surface area contributed by atoms with E-state index in [4.69, 9.17) is 17.2 Å². The number of H-pyrrole nitrogens is 1. The predicted molar refractivity (Wildman–Crippen MR) is 142 cm³/mol. The van der Waals surface area contributed by atoms with Gasteiger partial charge in [0.25, 0.3) is 0 Å². The number of carboxylic acid groups (broad SMARTS) is 1. The van der Waals surface area contributed by atoms with Crippen LogP contribution in [-0.2, 0) is 36.8 Å². The molecule has 0 spiro atoms. The average Bonchev–Trinajstić information content (AvgIpc) is 3.41. The molecule has 0 aliphatic heterocycles. The summed E-state index contributed by atoms with van der Waals surface area (Å²) in [5.74, 6) is -4.63. The van der Waals surface area contributed by atoms with Gasteiger partial charge in [-0.25, -0.2) is 9.78 Å². The molecule has 0 saturated carbocycles. The molecule has 0 fully saturated rings. The fourth-order valence-electron chi connectivity index (χ4n) is 3.79. The number of hydrogen-bond acceptors (Lipinski definition) is 9. The zero-order chi connectivity index (χ0) is 29.7. The maximum Gasteiger partial charge on any atom is 0.326 e. The molecule has 15 heteroatoms. The van der Waals surface area contributed by atoms with Crippen molar-refractivity contribution in [3.63, 3.8) is 0 Å². The summed E-state index contributed by atoms with van der Waals surface area (Å²) in [6, 6.07) is 0.715. The number of phenols is 1. The fourth-order valence-corrected chi connectivity index (χ4v) is 3.79. The Balaban J connectivity index is 2.21. The van der Waals surface area contributed by atoms with Crippen LogP contribution in [0.3, 0.4) is 0 Å². The first-order valence-electron chi connectivity index (χ1n) is 12.6. The molecular formula is C25H36N8O7. The lowest BCUT2D eigenvalue weighted by Gasteiger charge is -2.25. The number of amides is 4. The minimum Gasteiger partial charge on any atom is -0.508 e. The Hall–Kier alpha value is -4.50. The minimum absolute atomic E-state index is 0.0182. The topological polar surface area (TPSA) is 269 Å². The Morgan fingerprint density at radius 1 is 0.900 bits per heavy atom. The summed E-state index contributed by atoms with van der Waals surface area (Å²) < 4.78 is 0. The Kier molecular flexibility index (Phi) is 12.5. The average molecular weight is 561 g/mol. The van der Waals surface area contributed by atoms with E-state index in [-0.39, 0.29) is 25.0 Å². The summed E-state index contributed by atoms with van der Waals surface area (Å²) in [6.07, 6.45) is 3.42. The summed E-state index contributed by atoms with van der Waals surface area (Å²) in [5.41, 5.74) is 17.8. The zero-order valence-electron chi connectivity index (χ0n) is 21.8. The second-order valence-electron chi connectivity index (χ2n) is 9.23. The third kappa shape index (κ3) is 10.7. The third-order valence-electron chi connectivity index (χ3n) is 5.94. The van der Waals surface area contributed by atoms with E-state index in [1.165, 1.54) is 36.8 Å². The highest BCUT2D eigenvalue weighted by Gasteiger charge is 2.31. The smallest absolute Gasteiger partial charge is 0.326 e. The van der Waals surface area contributed by atoms with Crippen molar-refractivity contribution in [2.75, 3.05) is 6.54 Å². The van der Waals surface area contributed by atoms with Crippen molar-refractivity contribution in [2.24, 2.45) is 17.2 Å². The number of hydrogen-bond donors (Lipinski definition) is 9. The molecule has 1 aromatic carbocycles. The summed E-state index contributed by atoms with van der Waals surface area (Å²) in [6.45, 7) is 0.359. The number of carboxylic acids is 1. The quantitative estimate of drug-likeness (QED) is 0.0939. The van der Waals surface area contributed by atoms with E-state index >= 15 is 0 Å². The normalized spacial score (nSPS) is 13.8. The van der Waals surface area contributed by atoms with Crippen LogP contribution in [0.1, 0.15) is 36.9 Å². The molecule has 0 bridgehead atoms. The van der Waals surface area contributed by atoms with E-state index in [9.17, 15) is 34.2 Å². The van der Waals surface area contributed by atoms with Crippen LogP contribution in [0.4, 0.5) is 0 Å². The number of aromatic nitrogens is 2. The van der Waals surface area contributed by atoms with Crippen molar-refractivity contribution in [3.8, 4) is 5.75 Å². The molecule has 0 saturated heterocycles. The minimum atomic E-state index is -1.47. The number of aromatic hydroxyl groups is 1. The molecule has 1 aromatic heterocycles. The van der Waals surface area contributed by atoms with Crippen LogP contribution in [0.15, 0.2) is 36.8 Å². The van der Waals surface area contributed by atoms with Crippen molar-refractivity contribution in [2.45, 2.75) is 62.7 Å². The molecule has 15 nitrogen and oxygen atoms in total. The van der Waals surface area contributed by atoms with Crippen molar-refractivity contribution in [1.82, 2.24) is 25.9 Å². The van der Waals surface area contributed by atoms with Crippen LogP contribution >= 0.6 is 0 Å². The van der Waals surface area contributed by atoms with Crippen LogP contribution in [-0.4, -0.2) is 80.5 Å². The van der Waals surface area contributed by atoms with Crippen LogP contribution in [0, 0.1) is 0 Å². The SMILES string of the molecule is NCCCCC(NC(=O)C(Cc1ccc(O)cc1)NC(=O)C(CC(N)=O)NC(=O)C(N)Cc1cnc[nH]1)C(=O)O. The van der Waals surface area contributed by atoms with Crippen molar-refractivity contribution in [3.05, 3.63) is 48.0 Å². The van der Waals surface area contributed by atoms with Gasteiger partial charge in [0, 0.05) is 24.7 Å². The van der Waals surface area contributed by atoms with Crippen molar-refractivity contribution < 1.29 is 34.2 Å². The molecule has 1 heterocycles. The molecule has 218 valence electrons. The van der Waals surface area contributed by atoms with E-state index < -0.39 is 60.2 Å². The monoisotopic (exact) mass is 560 g/mol. The van der Waals surface area contributed by atoms with Gasteiger partial charge >= 0.3 is 5.97 Å². The number of imidazole rings is 1. The van der Waals surface area contributed by atoms with Gasteiger partial charge < -0.3 is 48.3 Å². The standard InChI is InChI=1S/C25H36N8O7/c26-8-2-1-3-18(25(39)40)31-23(37)19(9-14-4-6-16(34)7-5-14)33-24(38)20(11-21(28)35)32-22(36)17(27)10-15-12-29-13-30-15/h4-7,12-13,17-20,34H,1-3,8-11,26-27H2,(H2,28,35)(H,29,30)(H,31,37)(H,32,36)(H,33,38)(H,39,40). The number of primary amides is 1. The first-order chi connectivity index (χ1) is 19.0. The van der Waals surface area contributed by atoms with Crippen molar-refractivity contribution in [1.29, 1.82) is 0 Å². The second kappa shape index (κ2) is 15.8. The van der Waals surface area contributed by atoms with Gasteiger partial charge in [0.1, 0.15) is 23.9 Å². The van der Waals surface area contributed by atoms with Crippen molar-refractivity contribution >= 4 is 29.6 Å². The van der Waals surface area contributed by atoms with Crippen LogP contribution in [0.5, 0.6) is 5.75 Å². The van der Waals surface area contributed by atoms with Crippen LogP contribution in [0.2, 0.25) is 0 Å². The molecule has 40 heavy (non-hydrogen) atoms. The molecule has 0 aliphatic rings. The van der Waals surface area contributed by atoms with Gasteiger partial charge in [0.05, 0.1) is 18.8 Å². The maximum atomic E-state index is 13.2. The number of nitrogens with zero attached hydrogens (tertiary/aromatic N) is 1. The third-order valence-corrected chi connectivity index (χ3v) is 5.94. The first-order valence-corrected chi connectivity index (χ1v) is 12.6. The van der Waals surface area contributed by atoms with E-state index in [0.717, 1.165) is 0 Å². The lowest BCUT2D eigenvalue weighted by Crippen LogP contribution is -2.58. The Morgan fingerprint density at radius 2 is 1.52 bits per heavy atom. The molecule has 4 amide bonds. The highest BCUT2D eigenvalue weighted by atomic mass is 16.4. The highest BCUT2D eigenvalue weighted by molar-refractivity contribution is 5.96. The number of unbranched alkanes of at least 4 members (excludes halogenated alkanes) is 1. The number of nitrogens with two attached hydrogens (primary N) is 3. The number of phenolic OH excluding ortho intramolecular Hbond substituents is 1. The zero-order valence-corrected chi connectivity index (χ0v) is 21.8. The number of nitrogens with one attached hydrogen (secondary N) is 4. The number of benzene rings is 1. The van der Waals surface area contributed by atoms with E-state index in [0.29, 0.717) is 30.6 Å². The second-order valence-corrected chi connectivity index (χ2v) is 9.23. The summed E-state index contributed by atoms with van der Waals surface area (Å²) in [5, 5.41) is 26.4. The van der Waals surface area contributed by atoms with Gasteiger partial charge in [-0.3, -0.25) is 19.2 Å². The lowest BCUT2D eigenvalue weighted by molar-refractivity contribution is -0.142. The van der Waals surface area contributed by atoms with Gasteiger partial charge in [-0.05, 0) is 43.5 Å². The predicted octanol–water partition coefficient (Wildman–Crippen LogP) is -2.23. The van der Waals surface area contributed by atoms with Gasteiger partial charge in [-0.1, -0.05) is 12.1 Å². The van der Waals surface area contributed by atoms with Gasteiger partial charge in [0.2, 0.25) is 23.6 Å². The van der Waals surface area contributed by atoms with E-state index in [1.807, 2.05) is 0 Å². The van der Waals surface area contributed by atoms with E-state index in [1.54, 1.807) is 0 Å². The van der Waals surface area contributed by atoms with Gasteiger partial charge in [-0.15, -0.1) is 0 Å². The molecule has 4 atom stereocenters. The Labute approximate surface area is 230 Å². The van der Waals surface area contributed by atoms with Crippen LogP contribution in [0.25, 0.3) is 0 Å². The number of rotatable bonds is 17. The molecule has 2 rings (SSSR count). The number of aliphatic carboxylic acids is 1. The van der Waals surface area contributed by atoms with Gasteiger partial charge in [0.15, 0.2) is 0 Å². The van der Waals surface area contributed by atoms with Crippen LogP contribution < -0.4 is 33.2 Å². The van der Waals surface area contributed by atoms with E-state index in [2.05, 4.69) is 25.9 Å². The Bertz CT molecular complexity index is 1140. The summed E-state index contributed by atoms with van der Waals surface area (Å²) in [4.78, 5) is 69.1. The molecule has 12 N–H and O–H groups in total. The number of carbonyl (C=O) groups is 5. The number of carbonyl (C=O) groups excluding carboxylic acids is 4. The molecule has 0 aliphatic carbocycles. The molecule has 4 unspecified atom stereocenters. The molecule has 0 radical (unpaired) electrons. The molecule has 2 aromatic rings. The fraction of sp³-hybridized carbons (Fsp3) is 0.440. The lowest BCUT2D eigenvalue weighted by atomic mass is 10.0. The maximum absolute atomic E-state index is 13.2. The van der Waals surface area contributed by atoms with Gasteiger partial charge in [-0.2, -0.15) is 0 Å². The number of aromatic amines is 1. The summed E-state index contributed by atoms with van der Waals surface area (Å²) in [7, 11) is 0. The Morgan fingerprint density at radius 3 is 2.10 bits per heavy atom. The first kappa shape index (κ1) is 31.7. The largest absolute Gasteiger partial charge is 0.508 e.